The molecule has 2 saturated carbocycles. The van der Waals surface area contributed by atoms with Crippen molar-refractivity contribution in [1.29, 1.82) is 0 Å². The number of methoxy groups -OCH3 is 1. The van der Waals surface area contributed by atoms with Gasteiger partial charge in [0.05, 0.1) is 18.7 Å². The van der Waals surface area contributed by atoms with Crippen LogP contribution in [0.15, 0.2) is 24.4 Å². The second-order valence-electron chi connectivity index (χ2n) is 9.70. The Hall–Kier alpha value is -2.42. The van der Waals surface area contributed by atoms with Crippen molar-refractivity contribution in [3.8, 4) is 0 Å². The molecule has 2 aromatic rings. The van der Waals surface area contributed by atoms with Gasteiger partial charge in [0.15, 0.2) is 5.82 Å². The van der Waals surface area contributed by atoms with E-state index in [2.05, 4.69) is 43.7 Å². The van der Waals surface area contributed by atoms with Gasteiger partial charge in [0, 0.05) is 38.5 Å². The van der Waals surface area contributed by atoms with Gasteiger partial charge in [-0.3, -0.25) is 4.79 Å². The molecule has 4 atom stereocenters. The van der Waals surface area contributed by atoms with Crippen molar-refractivity contribution in [2.75, 3.05) is 44.0 Å². The van der Waals surface area contributed by atoms with Crippen molar-refractivity contribution < 1.29 is 14.6 Å². The van der Waals surface area contributed by atoms with Gasteiger partial charge in [-0.2, -0.15) is 4.98 Å². The van der Waals surface area contributed by atoms with Crippen LogP contribution < -0.4 is 10.6 Å². The lowest BCUT2D eigenvalue weighted by Gasteiger charge is -2.29. The Labute approximate surface area is 205 Å². The summed E-state index contributed by atoms with van der Waals surface area (Å²) >= 11 is 6.39. The number of benzene rings is 1. The zero-order valence-electron chi connectivity index (χ0n) is 19.5. The van der Waals surface area contributed by atoms with Gasteiger partial charge in [0.25, 0.3) is 0 Å². The summed E-state index contributed by atoms with van der Waals surface area (Å²) in [5, 5.41) is 16.8. The number of hydrogen-bond acceptors (Lipinski definition) is 7. The van der Waals surface area contributed by atoms with Crippen LogP contribution in [0.3, 0.4) is 0 Å². The molecule has 4 unspecified atom stereocenters. The molecule has 0 radical (unpaired) electrons. The number of aliphatic carboxylic acids is 1. The summed E-state index contributed by atoms with van der Waals surface area (Å²) < 4.78 is 5.23. The largest absolute Gasteiger partial charge is 0.481 e. The fourth-order valence-corrected chi connectivity index (χ4v) is 6.11. The fraction of sp³-hybridized carbons (Fsp3) is 0.560. The van der Waals surface area contributed by atoms with Crippen molar-refractivity contribution >= 4 is 35.0 Å². The lowest BCUT2D eigenvalue weighted by Crippen LogP contribution is -2.39. The van der Waals surface area contributed by atoms with Gasteiger partial charge in [-0.25, -0.2) is 4.98 Å². The Bertz CT molecular complexity index is 1050. The molecule has 5 rings (SSSR count). The maximum absolute atomic E-state index is 11.9. The molecule has 0 saturated heterocycles. The van der Waals surface area contributed by atoms with Crippen LogP contribution in [0.2, 0.25) is 5.02 Å². The van der Waals surface area contributed by atoms with E-state index in [4.69, 9.17) is 16.3 Å². The van der Waals surface area contributed by atoms with Crippen LogP contribution in [0, 0.1) is 17.8 Å². The van der Waals surface area contributed by atoms with Crippen molar-refractivity contribution in [3.05, 3.63) is 40.5 Å². The molecule has 2 heterocycles. The first-order valence-corrected chi connectivity index (χ1v) is 12.5. The third kappa shape index (κ3) is 4.85. The number of fused-ring (bicyclic) bond motifs is 3. The molecule has 2 aliphatic carbocycles. The summed E-state index contributed by atoms with van der Waals surface area (Å²) in [6.07, 6.45) is 6.59. The van der Waals surface area contributed by atoms with E-state index in [1.807, 2.05) is 0 Å². The number of carbonyl (C=O) groups is 1. The van der Waals surface area contributed by atoms with E-state index < -0.39 is 11.9 Å². The molecule has 182 valence electrons. The average Bonchev–Trinajstić information content (AvgIpc) is 3.37. The van der Waals surface area contributed by atoms with Crippen molar-refractivity contribution in [2.24, 2.45) is 17.8 Å². The molecule has 2 bridgehead atoms. The number of hydrogen-bond donors (Lipinski definition) is 3. The Kier molecular flexibility index (Phi) is 6.90. The molecule has 9 heteroatoms. The first-order chi connectivity index (χ1) is 16.5. The number of halogens is 1. The average molecular weight is 486 g/mol. The van der Waals surface area contributed by atoms with Gasteiger partial charge in [-0.05, 0) is 67.2 Å². The summed E-state index contributed by atoms with van der Waals surface area (Å²) in [7, 11) is 1.74. The molecule has 1 aromatic heterocycles. The van der Waals surface area contributed by atoms with Crippen LogP contribution >= 0.6 is 11.6 Å². The number of nitrogens with zero attached hydrogens (tertiary/aromatic N) is 3. The predicted octanol–water partition coefficient (Wildman–Crippen LogP) is 3.83. The predicted molar refractivity (Wildman–Crippen MR) is 132 cm³/mol. The smallest absolute Gasteiger partial charge is 0.308 e. The van der Waals surface area contributed by atoms with E-state index >= 15 is 0 Å². The standard InChI is InChI=1S/C25H32ClN5O3/c1-34-11-10-31-8-6-15-4-5-19(13-16(15)7-9-31)28-25-27-14-20(26)23(30-25)29-22-18-3-2-17(12-18)21(22)24(32)33/h4-5,13-14,17-18,21-22H,2-3,6-12H2,1H3,(H,32,33)(H2,27,28,29,30). The van der Waals surface area contributed by atoms with Gasteiger partial charge < -0.3 is 25.4 Å². The van der Waals surface area contributed by atoms with E-state index in [0.717, 1.165) is 64.0 Å². The van der Waals surface area contributed by atoms with Gasteiger partial charge in [-0.1, -0.05) is 17.7 Å². The monoisotopic (exact) mass is 485 g/mol. The van der Waals surface area contributed by atoms with Crippen LogP contribution in [-0.2, 0) is 22.4 Å². The van der Waals surface area contributed by atoms with E-state index in [1.165, 1.54) is 11.1 Å². The summed E-state index contributed by atoms with van der Waals surface area (Å²) in [5.74, 6) is 0.390. The van der Waals surface area contributed by atoms with E-state index in [0.29, 0.717) is 22.7 Å². The molecule has 1 aromatic carbocycles. The maximum atomic E-state index is 11.9. The fourth-order valence-electron chi connectivity index (χ4n) is 5.96. The number of rotatable bonds is 8. The molecule has 0 spiro atoms. The quantitative estimate of drug-likeness (QED) is 0.518. The number of anilines is 3. The molecule has 34 heavy (non-hydrogen) atoms. The summed E-state index contributed by atoms with van der Waals surface area (Å²) in [4.78, 5) is 23.3. The molecule has 3 N–H and O–H groups in total. The topological polar surface area (TPSA) is 99.6 Å². The molecular formula is C25H32ClN5O3. The van der Waals surface area contributed by atoms with Crippen molar-refractivity contribution in [2.45, 2.75) is 38.1 Å². The highest BCUT2D eigenvalue weighted by molar-refractivity contribution is 6.32. The van der Waals surface area contributed by atoms with Crippen LogP contribution in [0.4, 0.5) is 17.5 Å². The van der Waals surface area contributed by atoms with E-state index in [9.17, 15) is 9.90 Å². The number of carboxylic acids is 1. The Morgan fingerprint density at radius 3 is 2.82 bits per heavy atom. The third-order valence-corrected chi connectivity index (χ3v) is 7.99. The minimum absolute atomic E-state index is 0.148. The van der Waals surface area contributed by atoms with Gasteiger partial charge in [0.2, 0.25) is 5.95 Å². The van der Waals surface area contributed by atoms with Crippen LogP contribution in [-0.4, -0.2) is 65.3 Å². The number of nitrogens with one attached hydrogen (secondary N) is 2. The zero-order chi connectivity index (χ0) is 23.7. The lowest BCUT2D eigenvalue weighted by atomic mass is 9.84. The number of carboxylic acid groups (broad SMARTS) is 1. The SMILES string of the molecule is COCCN1CCc2ccc(Nc3ncc(Cl)c(NC4C5CCC(C5)C4C(=O)O)n3)cc2CC1. The minimum atomic E-state index is -0.737. The van der Waals surface area contributed by atoms with Crippen molar-refractivity contribution in [1.82, 2.24) is 14.9 Å². The zero-order valence-corrected chi connectivity index (χ0v) is 20.2. The van der Waals surface area contributed by atoms with Crippen molar-refractivity contribution in [3.63, 3.8) is 0 Å². The molecule has 2 fully saturated rings. The van der Waals surface area contributed by atoms with Gasteiger partial charge in [0.1, 0.15) is 5.02 Å². The summed E-state index contributed by atoms with van der Waals surface area (Å²) in [5.41, 5.74) is 3.64. The molecular weight excluding hydrogens is 454 g/mol. The number of aromatic nitrogens is 2. The van der Waals surface area contributed by atoms with Gasteiger partial charge >= 0.3 is 5.97 Å². The first kappa shape index (κ1) is 23.3. The van der Waals surface area contributed by atoms with Crippen LogP contribution in [0.25, 0.3) is 0 Å². The molecule has 0 amide bonds. The summed E-state index contributed by atoms with van der Waals surface area (Å²) in [6.45, 7) is 3.76. The molecule has 1 aliphatic heterocycles. The Balaban J connectivity index is 1.29. The second kappa shape index (κ2) is 10.1. The first-order valence-electron chi connectivity index (χ1n) is 12.1. The summed E-state index contributed by atoms with van der Waals surface area (Å²) in [6, 6.07) is 6.27. The molecule has 8 nitrogen and oxygen atoms in total. The maximum Gasteiger partial charge on any atom is 0.308 e. The third-order valence-electron chi connectivity index (χ3n) is 7.72. The number of ether oxygens (including phenoxy) is 1. The highest BCUT2D eigenvalue weighted by Crippen LogP contribution is 2.49. The Morgan fingerprint density at radius 2 is 2.03 bits per heavy atom. The van der Waals surface area contributed by atoms with Crippen LogP contribution in [0.1, 0.15) is 30.4 Å². The lowest BCUT2D eigenvalue weighted by molar-refractivity contribution is -0.143. The van der Waals surface area contributed by atoms with E-state index in [-0.39, 0.29) is 12.0 Å². The molecule has 3 aliphatic rings. The normalized spacial score (nSPS) is 26.2. The second-order valence-corrected chi connectivity index (χ2v) is 10.1. The highest BCUT2D eigenvalue weighted by Gasteiger charge is 2.51. The van der Waals surface area contributed by atoms with E-state index in [1.54, 1.807) is 13.3 Å². The highest BCUT2D eigenvalue weighted by atomic mass is 35.5. The Morgan fingerprint density at radius 1 is 1.24 bits per heavy atom. The van der Waals surface area contributed by atoms with Gasteiger partial charge in [-0.15, -0.1) is 0 Å². The van der Waals surface area contributed by atoms with Crippen LogP contribution in [0.5, 0.6) is 0 Å². The minimum Gasteiger partial charge on any atom is -0.481 e.